The predicted octanol–water partition coefficient (Wildman–Crippen LogP) is 3.97. The number of sulfonamides is 1. The molecule has 1 spiro atoms. The fraction of sp³-hybridized carbons (Fsp3) is 0.440. The minimum Gasteiger partial charge on any atom is -0.395 e. The Labute approximate surface area is 217 Å². The molecule has 0 radical (unpaired) electrons. The summed E-state index contributed by atoms with van der Waals surface area (Å²) in [6, 6.07) is 9.16. The Kier molecular flexibility index (Phi) is 6.76. The number of hydrogen-bond acceptors (Lipinski definition) is 6. The van der Waals surface area contributed by atoms with Gasteiger partial charge in [-0.1, -0.05) is 0 Å². The highest BCUT2D eigenvalue weighted by atomic mass is 32.2. The maximum atomic E-state index is 13.4. The lowest BCUT2D eigenvalue weighted by molar-refractivity contribution is -0.139. The summed E-state index contributed by atoms with van der Waals surface area (Å²) in [5.74, 6) is -0.929. The van der Waals surface area contributed by atoms with Crippen LogP contribution in [0.25, 0.3) is 11.0 Å². The average molecular weight is 552 g/mol. The number of halogens is 3. The number of nitrogens with zero attached hydrogens (tertiary/aromatic N) is 3. The highest BCUT2D eigenvalue weighted by Crippen LogP contribution is 2.54. The van der Waals surface area contributed by atoms with Crippen molar-refractivity contribution >= 4 is 44.0 Å². The number of aliphatic hydroxyl groups excluding tert-OH is 1. The Hall–Kier alpha value is -3.32. The molecule has 38 heavy (non-hydrogen) atoms. The van der Waals surface area contributed by atoms with E-state index in [1.165, 1.54) is 37.1 Å². The van der Waals surface area contributed by atoms with Crippen LogP contribution in [0.4, 0.5) is 30.2 Å². The third kappa shape index (κ3) is 5.88. The Morgan fingerprint density at radius 3 is 2.42 bits per heavy atom. The number of hydrogen-bond donors (Lipinski definition) is 3. The summed E-state index contributed by atoms with van der Waals surface area (Å²) in [5, 5.41) is 11.8. The number of piperidine rings is 1. The molecule has 1 amide bonds. The standard InChI is InChI=1S/C25H28F3N5O4S/c26-25(27,28)15-33-16-29-20-4-2-17(13-22(20)33)30-23(35)19-3-1-18(31-38(36,37)12-11-34)14-21(19)32-9-7-24(5-6-24)8-10-32/h1-4,13-14,16,31,34H,5-12,15H2,(H,30,35). The maximum Gasteiger partial charge on any atom is 0.406 e. The molecule has 3 N–H and O–H groups in total. The van der Waals surface area contributed by atoms with Crippen LogP contribution in [-0.2, 0) is 16.6 Å². The van der Waals surface area contributed by atoms with E-state index in [1.807, 2.05) is 0 Å². The first-order valence-electron chi connectivity index (χ1n) is 12.3. The number of amides is 1. The smallest absolute Gasteiger partial charge is 0.395 e. The summed E-state index contributed by atoms with van der Waals surface area (Å²) in [6.45, 7) is -0.288. The van der Waals surface area contributed by atoms with Crippen LogP contribution in [-0.4, -0.2) is 60.6 Å². The molecule has 1 saturated heterocycles. The van der Waals surface area contributed by atoms with Crippen molar-refractivity contribution in [1.29, 1.82) is 0 Å². The zero-order chi connectivity index (χ0) is 27.1. The van der Waals surface area contributed by atoms with Gasteiger partial charge in [0, 0.05) is 18.8 Å². The molecule has 2 heterocycles. The van der Waals surface area contributed by atoms with Gasteiger partial charge in [-0.15, -0.1) is 0 Å². The molecule has 1 aliphatic heterocycles. The molecule has 0 atom stereocenters. The SMILES string of the molecule is O=C(Nc1ccc2ncn(CC(F)(F)F)c2c1)c1ccc(NS(=O)(=O)CCO)cc1N1CCC2(CC1)CC2. The van der Waals surface area contributed by atoms with Crippen molar-refractivity contribution in [3.05, 3.63) is 48.3 Å². The van der Waals surface area contributed by atoms with Crippen LogP contribution < -0.4 is 14.9 Å². The van der Waals surface area contributed by atoms with Gasteiger partial charge < -0.3 is 19.9 Å². The Bertz CT molecular complexity index is 1460. The molecule has 204 valence electrons. The number of rotatable bonds is 8. The number of fused-ring (bicyclic) bond motifs is 1. The minimum absolute atomic E-state index is 0.236. The van der Waals surface area contributed by atoms with E-state index in [1.54, 1.807) is 12.1 Å². The van der Waals surface area contributed by atoms with Gasteiger partial charge in [-0.05, 0) is 67.5 Å². The van der Waals surface area contributed by atoms with Gasteiger partial charge in [-0.3, -0.25) is 9.52 Å². The summed E-state index contributed by atoms with van der Waals surface area (Å²) in [6.07, 6.45) is 1.05. The molecule has 9 nitrogen and oxygen atoms in total. The normalized spacial score (nSPS) is 17.1. The summed E-state index contributed by atoms with van der Waals surface area (Å²) < 4.78 is 66.7. The fourth-order valence-corrected chi connectivity index (χ4v) is 5.78. The van der Waals surface area contributed by atoms with Crippen molar-refractivity contribution in [2.45, 2.75) is 38.4 Å². The van der Waals surface area contributed by atoms with E-state index < -0.39 is 41.0 Å². The summed E-state index contributed by atoms with van der Waals surface area (Å²) in [7, 11) is -3.76. The van der Waals surface area contributed by atoms with E-state index in [0.717, 1.165) is 36.8 Å². The second-order valence-corrected chi connectivity index (χ2v) is 11.9. The fourth-order valence-electron chi connectivity index (χ4n) is 4.95. The molecule has 0 bridgehead atoms. The van der Waals surface area contributed by atoms with Crippen LogP contribution in [0, 0.1) is 5.41 Å². The largest absolute Gasteiger partial charge is 0.406 e. The third-order valence-corrected chi connectivity index (χ3v) is 8.49. The predicted molar refractivity (Wildman–Crippen MR) is 138 cm³/mol. The van der Waals surface area contributed by atoms with Crippen LogP contribution in [0.3, 0.4) is 0 Å². The lowest BCUT2D eigenvalue weighted by Crippen LogP contribution is -2.35. The lowest BCUT2D eigenvalue weighted by atomic mass is 9.93. The molecule has 2 fully saturated rings. The molecular formula is C25H28F3N5O4S. The lowest BCUT2D eigenvalue weighted by Gasteiger charge is -2.35. The van der Waals surface area contributed by atoms with Gasteiger partial charge in [-0.2, -0.15) is 13.2 Å². The van der Waals surface area contributed by atoms with Crippen molar-refractivity contribution < 1.29 is 31.5 Å². The van der Waals surface area contributed by atoms with Gasteiger partial charge in [0.25, 0.3) is 5.91 Å². The highest BCUT2D eigenvalue weighted by molar-refractivity contribution is 7.92. The number of nitrogens with one attached hydrogen (secondary N) is 2. The number of carbonyl (C=O) groups is 1. The van der Waals surface area contributed by atoms with Gasteiger partial charge in [0.2, 0.25) is 10.0 Å². The van der Waals surface area contributed by atoms with Gasteiger partial charge >= 0.3 is 6.18 Å². The maximum absolute atomic E-state index is 13.4. The first kappa shape index (κ1) is 26.3. The first-order valence-corrected chi connectivity index (χ1v) is 13.9. The van der Waals surface area contributed by atoms with Crippen LogP contribution in [0.5, 0.6) is 0 Å². The number of imidazole rings is 1. The molecule has 5 rings (SSSR count). The summed E-state index contributed by atoms with van der Waals surface area (Å²) >= 11 is 0. The number of anilines is 3. The van der Waals surface area contributed by atoms with E-state index in [9.17, 15) is 26.4 Å². The van der Waals surface area contributed by atoms with E-state index in [2.05, 4.69) is 19.9 Å². The summed E-state index contributed by atoms with van der Waals surface area (Å²) in [4.78, 5) is 19.4. The minimum atomic E-state index is -4.42. The van der Waals surface area contributed by atoms with E-state index in [-0.39, 0.29) is 11.2 Å². The quantitative estimate of drug-likeness (QED) is 0.390. The molecule has 1 aromatic heterocycles. The second-order valence-electron chi connectivity index (χ2n) is 10.0. The van der Waals surface area contributed by atoms with Gasteiger partial charge in [0.05, 0.1) is 46.7 Å². The number of benzene rings is 2. The van der Waals surface area contributed by atoms with E-state index in [0.29, 0.717) is 27.9 Å². The molecule has 2 aromatic carbocycles. The van der Waals surface area contributed by atoms with E-state index >= 15 is 0 Å². The number of aromatic nitrogens is 2. The molecule has 13 heteroatoms. The number of carbonyl (C=O) groups excluding carboxylic acids is 1. The molecule has 0 unspecified atom stereocenters. The van der Waals surface area contributed by atoms with Gasteiger partial charge in [-0.25, -0.2) is 13.4 Å². The Balaban J connectivity index is 1.42. The van der Waals surface area contributed by atoms with Crippen molar-refractivity contribution in [2.75, 3.05) is 40.4 Å². The Morgan fingerprint density at radius 1 is 1.05 bits per heavy atom. The van der Waals surface area contributed by atoms with Crippen LogP contribution in [0.2, 0.25) is 0 Å². The molecule has 3 aromatic rings. The third-order valence-electron chi connectivity index (χ3n) is 7.23. The van der Waals surface area contributed by atoms with Crippen LogP contribution in [0.1, 0.15) is 36.0 Å². The van der Waals surface area contributed by atoms with Gasteiger partial charge in [0.15, 0.2) is 0 Å². The topological polar surface area (TPSA) is 117 Å². The van der Waals surface area contributed by atoms with Crippen molar-refractivity contribution in [2.24, 2.45) is 5.41 Å². The number of aliphatic hydroxyl groups is 1. The van der Waals surface area contributed by atoms with E-state index in [4.69, 9.17) is 5.11 Å². The average Bonchev–Trinajstić information content (AvgIpc) is 3.49. The Morgan fingerprint density at radius 2 is 1.76 bits per heavy atom. The van der Waals surface area contributed by atoms with Crippen molar-refractivity contribution in [1.82, 2.24) is 9.55 Å². The molecule has 1 saturated carbocycles. The molecular weight excluding hydrogens is 523 g/mol. The molecule has 2 aliphatic rings. The summed E-state index contributed by atoms with van der Waals surface area (Å²) in [5.41, 5.74) is 2.44. The van der Waals surface area contributed by atoms with Crippen molar-refractivity contribution in [3.63, 3.8) is 0 Å². The molecule has 1 aliphatic carbocycles. The first-order chi connectivity index (χ1) is 18.0. The zero-order valence-corrected chi connectivity index (χ0v) is 21.3. The zero-order valence-electron chi connectivity index (χ0n) is 20.5. The van der Waals surface area contributed by atoms with Gasteiger partial charge in [0.1, 0.15) is 6.54 Å². The van der Waals surface area contributed by atoms with Crippen LogP contribution >= 0.6 is 0 Å². The number of alkyl halides is 3. The monoisotopic (exact) mass is 551 g/mol. The van der Waals surface area contributed by atoms with Crippen LogP contribution in [0.15, 0.2) is 42.7 Å². The van der Waals surface area contributed by atoms with Crippen molar-refractivity contribution in [3.8, 4) is 0 Å². The highest BCUT2D eigenvalue weighted by Gasteiger charge is 2.44. The second kappa shape index (κ2) is 9.77.